The van der Waals surface area contributed by atoms with E-state index in [0.717, 1.165) is 0 Å². The van der Waals surface area contributed by atoms with E-state index in [0.29, 0.717) is 6.61 Å². The van der Waals surface area contributed by atoms with Gasteiger partial charge in [-0.1, -0.05) is 0 Å². The van der Waals surface area contributed by atoms with Gasteiger partial charge < -0.3 is 4.74 Å². The van der Waals surface area contributed by atoms with Crippen LogP contribution in [0.4, 0.5) is 0 Å². The number of hydrogen-bond donors (Lipinski definition) is 0. The van der Waals surface area contributed by atoms with Gasteiger partial charge in [0.25, 0.3) is 5.24 Å². The fourth-order valence-corrected chi connectivity index (χ4v) is 0.573. The average Bonchev–Trinajstić information content (AvgIpc) is 1.82. The summed E-state index contributed by atoms with van der Waals surface area (Å²) in [4.78, 5) is 10.3. The minimum Gasteiger partial charge on any atom is -0.489 e. The number of carbonyl (C=O) groups is 1. The van der Waals surface area contributed by atoms with Gasteiger partial charge in [0.05, 0.1) is 6.61 Å². The summed E-state index contributed by atoms with van der Waals surface area (Å²) in [5.74, 6) is 0.221. The molecule has 0 aromatic carbocycles. The Morgan fingerprint density at radius 1 is 1.78 bits per heavy atom. The van der Waals surface area contributed by atoms with Gasteiger partial charge in [0, 0.05) is 0 Å². The van der Waals surface area contributed by atoms with Gasteiger partial charge in [-0.3, -0.25) is 4.79 Å². The number of carbonyl (C=O) groups excluding carboxylic acids is 1. The molecule has 0 unspecified atom stereocenters. The van der Waals surface area contributed by atoms with E-state index in [1.165, 1.54) is 0 Å². The summed E-state index contributed by atoms with van der Waals surface area (Å²) in [5, 5.41) is -0.542. The lowest BCUT2D eigenvalue weighted by Crippen LogP contribution is -1.98. The quantitative estimate of drug-likeness (QED) is 0.346. The third-order valence-corrected chi connectivity index (χ3v) is 0.942. The molecule has 0 rings (SSSR count). The highest BCUT2D eigenvalue weighted by atomic mass is 35.5. The lowest BCUT2D eigenvalue weighted by Gasteiger charge is -1.99. The molecule has 3 heteroatoms. The van der Waals surface area contributed by atoms with E-state index in [1.807, 2.05) is 0 Å². The summed E-state index contributed by atoms with van der Waals surface area (Å²) in [6.07, 6.45) is 1.54. The van der Waals surface area contributed by atoms with Crippen LogP contribution in [0.25, 0.3) is 0 Å². The van der Waals surface area contributed by atoms with E-state index in [9.17, 15) is 4.79 Å². The Hall–Kier alpha value is -0.500. The molecule has 0 spiro atoms. The zero-order valence-corrected chi connectivity index (χ0v) is 6.23. The van der Waals surface area contributed by atoms with Crippen molar-refractivity contribution in [3.8, 4) is 0 Å². The topological polar surface area (TPSA) is 26.3 Å². The second-order valence-corrected chi connectivity index (χ2v) is 1.70. The highest BCUT2D eigenvalue weighted by molar-refractivity contribution is 6.67. The van der Waals surface area contributed by atoms with Crippen molar-refractivity contribution >= 4 is 16.8 Å². The van der Waals surface area contributed by atoms with Crippen molar-refractivity contribution in [2.75, 3.05) is 6.61 Å². The van der Waals surface area contributed by atoms with Crippen molar-refractivity contribution in [3.05, 3.63) is 11.8 Å². The second kappa shape index (κ2) is 4.39. The smallest absolute Gasteiger partial charge is 0.286 e. The first-order valence-corrected chi connectivity index (χ1v) is 3.09. The largest absolute Gasteiger partial charge is 0.489 e. The van der Waals surface area contributed by atoms with Crippen LogP contribution < -0.4 is 0 Å². The molecule has 2 nitrogen and oxygen atoms in total. The number of halogens is 1. The van der Waals surface area contributed by atoms with Crippen LogP contribution in [0.15, 0.2) is 11.8 Å². The third-order valence-electron chi connectivity index (χ3n) is 0.756. The average molecular weight is 149 g/mol. The van der Waals surface area contributed by atoms with Crippen LogP contribution in [0, 0.1) is 0 Å². The number of rotatable bonds is 3. The summed E-state index contributed by atoms with van der Waals surface area (Å²) in [6.45, 7) is 3.97. The van der Waals surface area contributed by atoms with Crippen LogP contribution in [-0.4, -0.2) is 11.8 Å². The van der Waals surface area contributed by atoms with Crippen molar-refractivity contribution in [2.24, 2.45) is 0 Å². The summed E-state index contributed by atoms with van der Waals surface area (Å²) >= 11 is 5.09. The highest BCUT2D eigenvalue weighted by Gasteiger charge is 2.02. The van der Waals surface area contributed by atoms with Gasteiger partial charge in [-0.25, -0.2) is 0 Å². The Morgan fingerprint density at radius 2 is 2.33 bits per heavy atom. The first-order valence-electron chi connectivity index (χ1n) is 2.71. The van der Waals surface area contributed by atoms with E-state index < -0.39 is 5.24 Å². The van der Waals surface area contributed by atoms with E-state index in [-0.39, 0.29) is 5.76 Å². The maximum atomic E-state index is 10.3. The van der Waals surface area contributed by atoms with E-state index >= 15 is 0 Å². The summed E-state index contributed by atoms with van der Waals surface area (Å²) < 4.78 is 4.83. The Morgan fingerprint density at radius 3 is 2.44 bits per heavy atom. The molecule has 0 amide bonds. The van der Waals surface area contributed by atoms with Crippen LogP contribution in [0.2, 0.25) is 0 Å². The fraction of sp³-hybridized carbons (Fsp3) is 0.500. The van der Waals surface area contributed by atoms with Crippen LogP contribution in [0.3, 0.4) is 0 Å². The predicted octanol–water partition coefficient (Wildman–Crippen LogP) is 1.69. The maximum absolute atomic E-state index is 10.3. The molecule has 0 aliphatic rings. The predicted molar refractivity (Wildman–Crippen MR) is 36.2 cm³/mol. The zero-order chi connectivity index (χ0) is 7.28. The zero-order valence-electron chi connectivity index (χ0n) is 5.48. The van der Waals surface area contributed by atoms with E-state index in [1.54, 1.807) is 19.9 Å². The van der Waals surface area contributed by atoms with Gasteiger partial charge >= 0.3 is 0 Å². The molecule has 0 saturated heterocycles. The molecule has 0 radical (unpaired) electrons. The molecule has 0 aromatic heterocycles. The van der Waals surface area contributed by atoms with Gasteiger partial charge in [0.2, 0.25) is 0 Å². The molecular weight excluding hydrogens is 140 g/mol. The molecule has 0 bridgehead atoms. The molecule has 9 heavy (non-hydrogen) atoms. The Labute approximate surface area is 59.5 Å². The summed E-state index contributed by atoms with van der Waals surface area (Å²) in [5.41, 5.74) is 0. The first-order chi connectivity index (χ1) is 4.22. The van der Waals surface area contributed by atoms with Crippen molar-refractivity contribution < 1.29 is 9.53 Å². The second-order valence-electron chi connectivity index (χ2n) is 1.36. The lowest BCUT2D eigenvalue weighted by atomic mass is 10.5. The molecular formula is C6H9ClO2. The van der Waals surface area contributed by atoms with E-state index in [4.69, 9.17) is 16.3 Å². The highest BCUT2D eigenvalue weighted by Crippen LogP contribution is 2.00. The molecule has 0 atom stereocenters. The number of hydrogen-bond acceptors (Lipinski definition) is 2. The Balaban J connectivity index is 3.85. The standard InChI is InChI=1S/C6H9ClO2/c1-3-5(6(7)8)9-4-2/h3H,4H2,1-2H3/b5-3-. The van der Waals surface area contributed by atoms with Gasteiger partial charge in [-0.05, 0) is 31.5 Å². The van der Waals surface area contributed by atoms with Crippen LogP contribution in [-0.2, 0) is 9.53 Å². The molecule has 0 heterocycles. The van der Waals surface area contributed by atoms with Crippen molar-refractivity contribution in [3.63, 3.8) is 0 Å². The number of ether oxygens (including phenoxy) is 1. The van der Waals surface area contributed by atoms with Crippen LogP contribution in [0.1, 0.15) is 13.8 Å². The normalized spacial score (nSPS) is 11.2. The number of allylic oxidation sites excluding steroid dienone is 2. The molecule has 52 valence electrons. The van der Waals surface area contributed by atoms with Crippen LogP contribution >= 0.6 is 11.6 Å². The molecule has 0 fully saturated rings. The van der Waals surface area contributed by atoms with Gasteiger partial charge in [0.15, 0.2) is 5.76 Å². The minimum absolute atomic E-state index is 0.221. The van der Waals surface area contributed by atoms with Crippen molar-refractivity contribution in [1.82, 2.24) is 0 Å². The van der Waals surface area contributed by atoms with E-state index in [2.05, 4.69) is 0 Å². The Kier molecular flexibility index (Phi) is 4.14. The summed E-state index contributed by atoms with van der Waals surface area (Å²) in [6, 6.07) is 0. The lowest BCUT2D eigenvalue weighted by molar-refractivity contribution is -0.111. The van der Waals surface area contributed by atoms with Gasteiger partial charge in [0.1, 0.15) is 0 Å². The van der Waals surface area contributed by atoms with Crippen LogP contribution in [0.5, 0.6) is 0 Å². The fourth-order valence-electron chi connectivity index (χ4n) is 0.409. The molecule has 0 N–H and O–H groups in total. The van der Waals surface area contributed by atoms with Crippen molar-refractivity contribution in [1.29, 1.82) is 0 Å². The minimum atomic E-state index is -0.542. The monoisotopic (exact) mass is 148 g/mol. The first kappa shape index (κ1) is 8.50. The van der Waals surface area contributed by atoms with Gasteiger partial charge in [-0.15, -0.1) is 0 Å². The maximum Gasteiger partial charge on any atom is 0.286 e. The Bertz CT molecular complexity index is 129. The molecule has 0 saturated carbocycles. The van der Waals surface area contributed by atoms with Gasteiger partial charge in [-0.2, -0.15) is 0 Å². The molecule has 0 aromatic rings. The summed E-state index contributed by atoms with van der Waals surface area (Å²) in [7, 11) is 0. The third kappa shape index (κ3) is 3.14. The molecule has 0 aliphatic carbocycles. The van der Waals surface area contributed by atoms with Crippen molar-refractivity contribution in [2.45, 2.75) is 13.8 Å². The molecule has 0 aliphatic heterocycles. The SMILES string of the molecule is C/C=C(\OCC)C(=O)Cl.